The van der Waals surface area contributed by atoms with Crippen LogP contribution in [0.15, 0.2) is 57.8 Å². The highest BCUT2D eigenvalue weighted by molar-refractivity contribution is 7.07. The van der Waals surface area contributed by atoms with Gasteiger partial charge in [-0.25, -0.2) is 0 Å². The number of furan rings is 1. The van der Waals surface area contributed by atoms with E-state index < -0.39 is 0 Å². The molecule has 0 aliphatic heterocycles. The SMILES string of the molecule is Cc1ccc(C(=O)N(Cc2ccsc2)Cc2ccco2)cc1C. The van der Waals surface area contributed by atoms with Crippen molar-refractivity contribution >= 4 is 17.2 Å². The molecule has 0 saturated heterocycles. The number of carbonyl (C=O) groups excluding carboxylic acids is 1. The zero-order valence-electron chi connectivity index (χ0n) is 13.3. The molecule has 0 N–H and O–H groups in total. The van der Waals surface area contributed by atoms with Gasteiger partial charge in [-0.3, -0.25) is 4.79 Å². The fourth-order valence-corrected chi connectivity index (χ4v) is 3.11. The molecule has 0 radical (unpaired) electrons. The molecule has 23 heavy (non-hydrogen) atoms. The van der Waals surface area contributed by atoms with Crippen LogP contribution in [-0.2, 0) is 13.1 Å². The molecule has 2 aromatic heterocycles. The lowest BCUT2D eigenvalue weighted by Crippen LogP contribution is -2.30. The summed E-state index contributed by atoms with van der Waals surface area (Å²) >= 11 is 1.64. The Balaban J connectivity index is 1.86. The monoisotopic (exact) mass is 325 g/mol. The van der Waals surface area contributed by atoms with Crippen molar-refractivity contribution < 1.29 is 9.21 Å². The Morgan fingerprint density at radius 3 is 2.65 bits per heavy atom. The lowest BCUT2D eigenvalue weighted by molar-refractivity contribution is 0.0718. The second-order valence-corrected chi connectivity index (χ2v) is 6.45. The summed E-state index contributed by atoms with van der Waals surface area (Å²) in [6.07, 6.45) is 1.64. The summed E-state index contributed by atoms with van der Waals surface area (Å²) in [5.74, 6) is 0.813. The van der Waals surface area contributed by atoms with Gasteiger partial charge in [0.15, 0.2) is 0 Å². The van der Waals surface area contributed by atoms with Crippen LogP contribution in [0.5, 0.6) is 0 Å². The molecular weight excluding hydrogens is 306 g/mol. The summed E-state index contributed by atoms with van der Waals surface area (Å²) in [5, 5.41) is 4.10. The topological polar surface area (TPSA) is 33.5 Å². The summed E-state index contributed by atoms with van der Waals surface area (Å²) in [6.45, 7) is 5.13. The second kappa shape index (κ2) is 6.84. The van der Waals surface area contributed by atoms with Crippen LogP contribution in [0.25, 0.3) is 0 Å². The summed E-state index contributed by atoms with van der Waals surface area (Å²) in [7, 11) is 0. The molecule has 1 aromatic carbocycles. The van der Waals surface area contributed by atoms with Crippen molar-refractivity contribution in [3.8, 4) is 0 Å². The van der Waals surface area contributed by atoms with Gasteiger partial charge in [0.05, 0.1) is 12.8 Å². The highest BCUT2D eigenvalue weighted by atomic mass is 32.1. The van der Waals surface area contributed by atoms with Gasteiger partial charge in [-0.2, -0.15) is 11.3 Å². The zero-order valence-corrected chi connectivity index (χ0v) is 14.1. The molecule has 0 aliphatic rings. The third-order valence-electron chi connectivity index (χ3n) is 3.92. The van der Waals surface area contributed by atoms with Crippen LogP contribution < -0.4 is 0 Å². The molecular formula is C19H19NO2S. The predicted molar refractivity (Wildman–Crippen MR) is 92.5 cm³/mol. The average Bonchev–Trinajstić information content (AvgIpc) is 3.22. The van der Waals surface area contributed by atoms with E-state index in [0.717, 1.165) is 22.5 Å². The Morgan fingerprint density at radius 1 is 1.13 bits per heavy atom. The first-order chi connectivity index (χ1) is 11.1. The Labute approximate surface area is 140 Å². The Hall–Kier alpha value is -2.33. The van der Waals surface area contributed by atoms with Crippen molar-refractivity contribution in [1.82, 2.24) is 4.90 Å². The van der Waals surface area contributed by atoms with Gasteiger partial charge in [0.2, 0.25) is 0 Å². The molecule has 1 amide bonds. The molecule has 0 fully saturated rings. The Morgan fingerprint density at radius 2 is 2.00 bits per heavy atom. The summed E-state index contributed by atoms with van der Waals surface area (Å²) in [6, 6.07) is 11.6. The van der Waals surface area contributed by atoms with E-state index in [0.29, 0.717) is 13.1 Å². The van der Waals surface area contributed by atoms with Crippen molar-refractivity contribution in [2.45, 2.75) is 26.9 Å². The van der Waals surface area contributed by atoms with Gasteiger partial charge in [0, 0.05) is 12.1 Å². The number of aryl methyl sites for hydroxylation is 2. The number of hydrogen-bond acceptors (Lipinski definition) is 3. The molecule has 3 nitrogen and oxygen atoms in total. The minimum atomic E-state index is 0.0238. The molecule has 0 saturated carbocycles. The van der Waals surface area contributed by atoms with Gasteiger partial charge in [-0.1, -0.05) is 6.07 Å². The van der Waals surface area contributed by atoms with E-state index in [-0.39, 0.29) is 5.91 Å². The molecule has 0 aliphatic carbocycles. The quantitative estimate of drug-likeness (QED) is 0.675. The van der Waals surface area contributed by atoms with Crippen LogP contribution in [-0.4, -0.2) is 10.8 Å². The highest BCUT2D eigenvalue weighted by Crippen LogP contribution is 2.18. The van der Waals surface area contributed by atoms with Crippen LogP contribution in [0.2, 0.25) is 0 Å². The number of amides is 1. The van der Waals surface area contributed by atoms with Crippen molar-refractivity contribution in [3.63, 3.8) is 0 Å². The van der Waals surface area contributed by atoms with E-state index >= 15 is 0 Å². The lowest BCUT2D eigenvalue weighted by atomic mass is 10.1. The van der Waals surface area contributed by atoms with E-state index in [2.05, 4.69) is 12.3 Å². The van der Waals surface area contributed by atoms with Gasteiger partial charge >= 0.3 is 0 Å². The number of carbonyl (C=O) groups is 1. The molecule has 0 spiro atoms. The van der Waals surface area contributed by atoms with Crippen molar-refractivity contribution in [2.24, 2.45) is 0 Å². The first-order valence-electron chi connectivity index (χ1n) is 7.53. The highest BCUT2D eigenvalue weighted by Gasteiger charge is 2.18. The number of benzene rings is 1. The maximum Gasteiger partial charge on any atom is 0.254 e. The minimum Gasteiger partial charge on any atom is -0.467 e. The summed E-state index contributed by atoms with van der Waals surface area (Å²) in [4.78, 5) is 14.8. The van der Waals surface area contributed by atoms with Crippen LogP contribution in [0, 0.1) is 13.8 Å². The summed E-state index contributed by atoms with van der Waals surface area (Å²) in [5.41, 5.74) is 4.18. The van der Waals surface area contributed by atoms with Crippen molar-refractivity contribution in [3.05, 3.63) is 81.4 Å². The van der Waals surface area contributed by atoms with Crippen molar-refractivity contribution in [1.29, 1.82) is 0 Å². The van der Waals surface area contributed by atoms with E-state index in [1.807, 2.05) is 53.6 Å². The largest absolute Gasteiger partial charge is 0.467 e. The zero-order chi connectivity index (χ0) is 16.2. The van der Waals surface area contributed by atoms with Gasteiger partial charge in [0.25, 0.3) is 5.91 Å². The number of hydrogen-bond donors (Lipinski definition) is 0. The normalized spacial score (nSPS) is 10.7. The van der Waals surface area contributed by atoms with Gasteiger partial charge in [0.1, 0.15) is 5.76 Å². The van der Waals surface area contributed by atoms with E-state index in [1.165, 1.54) is 5.56 Å². The molecule has 3 rings (SSSR count). The van der Waals surface area contributed by atoms with Crippen LogP contribution >= 0.6 is 11.3 Å². The predicted octanol–water partition coefficient (Wildman–Crippen LogP) is 4.80. The molecule has 0 unspecified atom stereocenters. The number of nitrogens with zero attached hydrogens (tertiary/aromatic N) is 1. The molecule has 3 aromatic rings. The van der Waals surface area contributed by atoms with Gasteiger partial charge in [-0.05, 0) is 71.6 Å². The van der Waals surface area contributed by atoms with Crippen LogP contribution in [0.1, 0.15) is 32.8 Å². The minimum absolute atomic E-state index is 0.0238. The summed E-state index contributed by atoms with van der Waals surface area (Å²) < 4.78 is 5.42. The third-order valence-corrected chi connectivity index (χ3v) is 4.65. The molecule has 2 heterocycles. The maximum atomic E-state index is 12.9. The van der Waals surface area contributed by atoms with E-state index in [9.17, 15) is 4.79 Å². The first-order valence-corrected chi connectivity index (χ1v) is 8.48. The second-order valence-electron chi connectivity index (χ2n) is 5.67. The lowest BCUT2D eigenvalue weighted by Gasteiger charge is -2.22. The fraction of sp³-hybridized carbons (Fsp3) is 0.211. The third kappa shape index (κ3) is 3.71. The molecule has 0 atom stereocenters. The molecule has 118 valence electrons. The van der Waals surface area contributed by atoms with Crippen molar-refractivity contribution in [2.75, 3.05) is 0 Å². The fourth-order valence-electron chi connectivity index (χ4n) is 2.45. The average molecular weight is 325 g/mol. The van der Waals surface area contributed by atoms with Crippen LogP contribution in [0.3, 0.4) is 0 Å². The molecule has 4 heteroatoms. The first kappa shape index (κ1) is 15.6. The molecule has 0 bridgehead atoms. The Kier molecular flexibility index (Phi) is 4.63. The van der Waals surface area contributed by atoms with Gasteiger partial charge in [-0.15, -0.1) is 0 Å². The number of rotatable bonds is 5. The smallest absolute Gasteiger partial charge is 0.254 e. The van der Waals surface area contributed by atoms with Crippen LogP contribution in [0.4, 0.5) is 0 Å². The van der Waals surface area contributed by atoms with E-state index in [1.54, 1.807) is 17.6 Å². The number of thiophene rings is 1. The standard InChI is InChI=1S/C19H19NO2S/c1-14-5-6-17(10-15(14)2)19(21)20(11-16-7-9-23-13-16)12-18-4-3-8-22-18/h3-10,13H,11-12H2,1-2H3. The maximum absolute atomic E-state index is 12.9. The van der Waals surface area contributed by atoms with Gasteiger partial charge < -0.3 is 9.32 Å². The Bertz CT molecular complexity index is 740. The van der Waals surface area contributed by atoms with E-state index in [4.69, 9.17) is 4.42 Å².